The predicted octanol–water partition coefficient (Wildman–Crippen LogP) is 5.02. The molecule has 6 nitrogen and oxygen atoms in total. The number of halogens is 1. The van der Waals surface area contributed by atoms with E-state index in [0.29, 0.717) is 29.9 Å². The number of hydrogen-bond donors (Lipinski definition) is 1. The maximum absolute atomic E-state index is 14.6. The molecule has 2 aromatic carbocycles. The first-order chi connectivity index (χ1) is 17.5. The van der Waals surface area contributed by atoms with Crippen molar-refractivity contribution >= 4 is 22.5 Å². The van der Waals surface area contributed by atoms with Gasteiger partial charge in [-0.05, 0) is 50.1 Å². The number of likely N-dealkylation sites (tertiary alicyclic amines) is 1. The summed E-state index contributed by atoms with van der Waals surface area (Å²) >= 11 is 0. The first kappa shape index (κ1) is 22.5. The number of para-hydroxylation sites is 1. The minimum absolute atomic E-state index is 0.0106. The molecular formula is C29H28FN5O. The van der Waals surface area contributed by atoms with Crippen molar-refractivity contribution in [3.05, 3.63) is 95.6 Å². The highest BCUT2D eigenvalue weighted by Gasteiger charge is 2.24. The Kier molecular flexibility index (Phi) is 5.57. The molecule has 1 amide bonds. The third kappa shape index (κ3) is 3.85. The Morgan fingerprint density at radius 1 is 1.11 bits per heavy atom. The van der Waals surface area contributed by atoms with Crippen LogP contribution in [0.3, 0.4) is 0 Å². The van der Waals surface area contributed by atoms with Gasteiger partial charge in [0.05, 0.1) is 12.2 Å². The molecule has 0 radical (unpaired) electrons. The van der Waals surface area contributed by atoms with Crippen LogP contribution in [0.5, 0.6) is 0 Å². The van der Waals surface area contributed by atoms with Gasteiger partial charge >= 0.3 is 0 Å². The van der Waals surface area contributed by atoms with Crippen LogP contribution in [0, 0.1) is 12.7 Å². The van der Waals surface area contributed by atoms with Crippen molar-refractivity contribution in [2.24, 2.45) is 5.73 Å². The fourth-order valence-electron chi connectivity index (χ4n) is 5.29. The first-order valence-electron chi connectivity index (χ1n) is 12.4. The summed E-state index contributed by atoms with van der Waals surface area (Å²) in [5, 5.41) is 1.07. The lowest BCUT2D eigenvalue weighted by atomic mass is 10.1. The molecule has 0 saturated carbocycles. The topological polar surface area (TPSA) is 68.6 Å². The summed E-state index contributed by atoms with van der Waals surface area (Å²) in [4.78, 5) is 19.9. The minimum atomic E-state index is -0.228. The van der Waals surface area contributed by atoms with Gasteiger partial charge in [0.2, 0.25) is 0 Å². The number of rotatable bonds is 4. The molecule has 5 aromatic rings. The Bertz CT molecular complexity index is 1600. The van der Waals surface area contributed by atoms with Gasteiger partial charge in [0.15, 0.2) is 0 Å². The second-order valence-corrected chi connectivity index (χ2v) is 9.61. The lowest BCUT2D eigenvalue weighted by Gasteiger charge is -2.30. The average Bonchev–Trinajstić information content (AvgIpc) is 3.42. The number of fused-ring (bicyclic) bond motifs is 2. The number of piperidine rings is 1. The Morgan fingerprint density at radius 3 is 2.75 bits per heavy atom. The second-order valence-electron chi connectivity index (χ2n) is 9.61. The number of pyridine rings is 1. The van der Waals surface area contributed by atoms with Crippen molar-refractivity contribution in [2.75, 3.05) is 13.1 Å². The monoisotopic (exact) mass is 481 g/mol. The molecular weight excluding hydrogens is 453 g/mol. The number of benzene rings is 2. The molecule has 1 aliphatic heterocycles. The summed E-state index contributed by atoms with van der Waals surface area (Å²) in [6.45, 7) is 3.72. The molecule has 0 aliphatic carbocycles. The summed E-state index contributed by atoms with van der Waals surface area (Å²) < 4.78 is 18.7. The summed E-state index contributed by atoms with van der Waals surface area (Å²) in [5.74, 6) is -0.239. The second kappa shape index (κ2) is 8.91. The smallest absolute Gasteiger partial charge is 0.254 e. The van der Waals surface area contributed by atoms with Crippen LogP contribution in [0.1, 0.15) is 34.5 Å². The number of imidazole rings is 1. The molecule has 1 atom stereocenters. The highest BCUT2D eigenvalue weighted by Crippen LogP contribution is 2.32. The van der Waals surface area contributed by atoms with E-state index < -0.39 is 0 Å². The van der Waals surface area contributed by atoms with Gasteiger partial charge < -0.3 is 19.6 Å². The number of aryl methyl sites for hydroxylation is 1. The van der Waals surface area contributed by atoms with E-state index in [1.54, 1.807) is 6.07 Å². The van der Waals surface area contributed by atoms with E-state index in [9.17, 15) is 9.18 Å². The van der Waals surface area contributed by atoms with E-state index in [1.807, 2.05) is 64.9 Å². The fourth-order valence-corrected chi connectivity index (χ4v) is 5.29. The number of aromatic nitrogens is 3. The van der Waals surface area contributed by atoms with E-state index in [2.05, 4.69) is 16.7 Å². The summed E-state index contributed by atoms with van der Waals surface area (Å²) in [6.07, 6.45) is 3.78. The van der Waals surface area contributed by atoms with Crippen molar-refractivity contribution in [1.29, 1.82) is 0 Å². The maximum Gasteiger partial charge on any atom is 0.254 e. The molecule has 182 valence electrons. The van der Waals surface area contributed by atoms with Crippen molar-refractivity contribution in [1.82, 2.24) is 18.9 Å². The SMILES string of the molecule is Cc1c(-c2cc3ccccc3n2Cc2ccccc2F)nc2cc(C(=O)N3CCC[C@@H](N)C3)ccn12. The van der Waals surface area contributed by atoms with Crippen molar-refractivity contribution in [2.45, 2.75) is 32.4 Å². The molecule has 1 saturated heterocycles. The van der Waals surface area contributed by atoms with E-state index in [-0.39, 0.29) is 17.8 Å². The summed E-state index contributed by atoms with van der Waals surface area (Å²) in [7, 11) is 0. The van der Waals surface area contributed by atoms with Crippen LogP contribution in [0.25, 0.3) is 27.9 Å². The molecule has 1 aliphatic rings. The molecule has 2 N–H and O–H groups in total. The number of carbonyl (C=O) groups excluding carboxylic acids is 1. The normalized spacial score (nSPS) is 16.2. The van der Waals surface area contributed by atoms with Gasteiger partial charge in [-0.2, -0.15) is 0 Å². The molecule has 4 heterocycles. The van der Waals surface area contributed by atoms with Crippen LogP contribution in [0.4, 0.5) is 4.39 Å². The highest BCUT2D eigenvalue weighted by atomic mass is 19.1. The quantitative estimate of drug-likeness (QED) is 0.392. The third-order valence-corrected chi connectivity index (χ3v) is 7.20. The lowest BCUT2D eigenvalue weighted by molar-refractivity contribution is 0.0709. The number of nitrogens with two attached hydrogens (primary N) is 1. The van der Waals surface area contributed by atoms with Crippen LogP contribution in [0.15, 0.2) is 72.9 Å². The Labute approximate surface area is 208 Å². The lowest BCUT2D eigenvalue weighted by Crippen LogP contribution is -2.45. The molecule has 0 unspecified atom stereocenters. The summed E-state index contributed by atoms with van der Waals surface area (Å²) in [6, 6.07) is 20.8. The van der Waals surface area contributed by atoms with Gasteiger partial charge in [0.1, 0.15) is 17.2 Å². The maximum atomic E-state index is 14.6. The van der Waals surface area contributed by atoms with Gasteiger partial charge in [-0.1, -0.05) is 36.4 Å². The van der Waals surface area contributed by atoms with Gasteiger partial charge in [0, 0.05) is 53.1 Å². The van der Waals surface area contributed by atoms with Crippen molar-refractivity contribution < 1.29 is 9.18 Å². The van der Waals surface area contributed by atoms with Crippen LogP contribution in [-0.2, 0) is 6.54 Å². The highest BCUT2D eigenvalue weighted by molar-refractivity contribution is 5.95. The molecule has 1 fully saturated rings. The average molecular weight is 482 g/mol. The van der Waals surface area contributed by atoms with Crippen LogP contribution < -0.4 is 5.73 Å². The Balaban J connectivity index is 1.44. The van der Waals surface area contributed by atoms with Gasteiger partial charge in [-0.3, -0.25) is 4.79 Å². The minimum Gasteiger partial charge on any atom is -0.337 e. The number of nitrogens with zero attached hydrogens (tertiary/aromatic N) is 4. The molecule has 7 heteroatoms. The number of amides is 1. The van der Waals surface area contributed by atoms with Gasteiger partial charge in [-0.25, -0.2) is 9.37 Å². The third-order valence-electron chi connectivity index (χ3n) is 7.20. The zero-order valence-corrected chi connectivity index (χ0v) is 20.2. The molecule has 0 bridgehead atoms. The molecule has 3 aromatic heterocycles. The first-order valence-corrected chi connectivity index (χ1v) is 12.4. The van der Waals surface area contributed by atoms with Crippen molar-refractivity contribution in [3.63, 3.8) is 0 Å². The zero-order chi connectivity index (χ0) is 24.8. The van der Waals surface area contributed by atoms with Gasteiger partial charge in [0.25, 0.3) is 5.91 Å². The van der Waals surface area contributed by atoms with E-state index in [1.165, 1.54) is 6.07 Å². The number of hydrogen-bond acceptors (Lipinski definition) is 3. The van der Waals surface area contributed by atoms with Gasteiger partial charge in [-0.15, -0.1) is 0 Å². The van der Waals surface area contributed by atoms with Crippen molar-refractivity contribution in [3.8, 4) is 11.4 Å². The van der Waals surface area contributed by atoms with Crippen LogP contribution in [-0.4, -0.2) is 43.9 Å². The van der Waals surface area contributed by atoms with E-state index >= 15 is 0 Å². The van der Waals surface area contributed by atoms with Crippen LogP contribution in [0.2, 0.25) is 0 Å². The Hall–Kier alpha value is -3.97. The summed E-state index contributed by atoms with van der Waals surface area (Å²) in [5.41, 5.74) is 11.7. The predicted molar refractivity (Wildman–Crippen MR) is 139 cm³/mol. The fraction of sp³-hybridized carbons (Fsp3) is 0.241. The molecule has 36 heavy (non-hydrogen) atoms. The Morgan fingerprint density at radius 2 is 1.92 bits per heavy atom. The van der Waals surface area contributed by atoms with Crippen LogP contribution >= 0.6 is 0 Å². The largest absolute Gasteiger partial charge is 0.337 e. The van der Waals surface area contributed by atoms with E-state index in [0.717, 1.165) is 47.4 Å². The standard InChI is InChI=1S/C29H28FN5O/c1-19-28(32-27-16-21(12-14-34(19)27)29(36)33-13-6-9-23(31)18-33)26-15-20-7-3-5-11-25(20)35(26)17-22-8-2-4-10-24(22)30/h2-5,7-8,10-12,14-16,23H,6,9,13,17-18,31H2,1H3/t23-/m1/s1. The van der Waals surface area contributed by atoms with E-state index in [4.69, 9.17) is 10.7 Å². The zero-order valence-electron chi connectivity index (χ0n) is 20.2. The molecule has 0 spiro atoms. The number of carbonyl (C=O) groups is 1. The molecule has 6 rings (SSSR count).